The molecule has 0 amide bonds. The van der Waals surface area contributed by atoms with Gasteiger partial charge in [-0.25, -0.2) is 4.79 Å². The fraction of sp³-hybridized carbons (Fsp3) is 0.577. The van der Waals surface area contributed by atoms with Crippen LogP contribution in [0.25, 0.3) is 0 Å². The van der Waals surface area contributed by atoms with Gasteiger partial charge in [0.15, 0.2) is 0 Å². The summed E-state index contributed by atoms with van der Waals surface area (Å²) in [5.41, 5.74) is 4.69. The van der Waals surface area contributed by atoms with Crippen molar-refractivity contribution in [3.05, 3.63) is 52.6 Å². The van der Waals surface area contributed by atoms with E-state index in [-0.39, 0.29) is 16.9 Å². The number of halogens is 1. The molecule has 0 radical (unpaired) electrons. The zero-order valence-electron chi connectivity index (χ0n) is 18.5. The molecule has 1 aromatic rings. The summed E-state index contributed by atoms with van der Waals surface area (Å²) < 4.78 is 6.28. The van der Waals surface area contributed by atoms with Gasteiger partial charge in [0.1, 0.15) is 11.9 Å². The van der Waals surface area contributed by atoms with Gasteiger partial charge in [0.05, 0.1) is 5.56 Å². The largest absolute Gasteiger partial charge is 0.485 e. The maximum atomic E-state index is 11.3. The van der Waals surface area contributed by atoms with Crippen molar-refractivity contribution < 1.29 is 14.6 Å². The van der Waals surface area contributed by atoms with E-state index in [4.69, 9.17) is 4.74 Å². The average Bonchev–Trinajstić information content (AvgIpc) is 3.12. The summed E-state index contributed by atoms with van der Waals surface area (Å²) in [4.78, 5) is 11.9. The van der Waals surface area contributed by atoms with E-state index in [1.807, 2.05) is 6.07 Å². The second kappa shape index (κ2) is 7.85. The summed E-state index contributed by atoms with van der Waals surface area (Å²) in [6.45, 7) is 9.34. The van der Waals surface area contributed by atoms with E-state index in [0.29, 0.717) is 16.3 Å². The van der Waals surface area contributed by atoms with E-state index in [9.17, 15) is 9.90 Å². The second-order valence-corrected chi connectivity index (χ2v) is 11.4. The minimum Gasteiger partial charge on any atom is -0.485 e. The van der Waals surface area contributed by atoms with Gasteiger partial charge < -0.3 is 9.84 Å². The van der Waals surface area contributed by atoms with Crippen LogP contribution in [0.3, 0.4) is 0 Å². The van der Waals surface area contributed by atoms with Gasteiger partial charge in [-0.2, -0.15) is 0 Å². The Morgan fingerprint density at radius 1 is 1.33 bits per heavy atom. The summed E-state index contributed by atoms with van der Waals surface area (Å²) in [5, 5.41) is 9.28. The summed E-state index contributed by atoms with van der Waals surface area (Å²) in [6.07, 6.45) is 11.4. The Hall–Kier alpha value is -1.55. The number of fused-ring (bicyclic) bond motifs is 2. The SMILES string of the molecule is CC(C)=CCC1(C)C(Br)CCC2(C)CC(C3Cc4cc(C(=O)O)ccc4O3)=CCC21. The third-order valence-electron chi connectivity index (χ3n) is 7.89. The lowest BCUT2D eigenvalue weighted by Gasteiger charge is -2.57. The Morgan fingerprint density at radius 3 is 2.80 bits per heavy atom. The van der Waals surface area contributed by atoms with Gasteiger partial charge in [0.2, 0.25) is 0 Å². The van der Waals surface area contributed by atoms with Crippen molar-refractivity contribution in [1.82, 2.24) is 0 Å². The average molecular weight is 473 g/mol. The molecule has 1 aliphatic heterocycles. The molecule has 1 saturated carbocycles. The standard InChI is InChI=1S/C26H33BrO3/c1-16(2)9-12-26(4)22-8-6-18(15-25(22,3)11-10-23(26)27)21-14-19-13-17(24(28)29)5-7-20(19)30-21/h5-7,9,13,21-23H,8,10-12,14-15H2,1-4H3,(H,28,29). The molecule has 4 heteroatoms. The van der Waals surface area contributed by atoms with E-state index in [2.05, 4.69) is 55.8 Å². The molecule has 1 aromatic carbocycles. The van der Waals surface area contributed by atoms with Crippen molar-refractivity contribution in [2.24, 2.45) is 16.7 Å². The number of carbonyl (C=O) groups is 1. The molecule has 1 fully saturated rings. The minimum absolute atomic E-state index is 0.0487. The van der Waals surface area contributed by atoms with E-state index >= 15 is 0 Å². The highest BCUT2D eigenvalue weighted by Gasteiger charge is 2.53. The zero-order chi connectivity index (χ0) is 21.7. The van der Waals surface area contributed by atoms with Crippen LogP contribution in [0.1, 0.15) is 75.7 Å². The molecule has 162 valence electrons. The van der Waals surface area contributed by atoms with Gasteiger partial charge in [-0.05, 0) is 92.0 Å². The second-order valence-electron chi connectivity index (χ2n) is 10.3. The predicted molar refractivity (Wildman–Crippen MR) is 125 cm³/mol. The summed E-state index contributed by atoms with van der Waals surface area (Å²) in [6, 6.07) is 5.24. The maximum Gasteiger partial charge on any atom is 0.335 e. The number of carboxylic acids is 1. The molecule has 30 heavy (non-hydrogen) atoms. The minimum atomic E-state index is -0.879. The molecule has 5 atom stereocenters. The van der Waals surface area contributed by atoms with Crippen LogP contribution < -0.4 is 4.74 Å². The predicted octanol–water partition coefficient (Wildman–Crippen LogP) is 6.95. The van der Waals surface area contributed by atoms with E-state index in [1.54, 1.807) is 12.1 Å². The van der Waals surface area contributed by atoms with Crippen LogP contribution in [0.4, 0.5) is 0 Å². The molecule has 4 rings (SSSR count). The van der Waals surface area contributed by atoms with Gasteiger partial charge >= 0.3 is 5.97 Å². The Morgan fingerprint density at radius 2 is 2.10 bits per heavy atom. The summed E-state index contributed by atoms with van der Waals surface area (Å²) in [7, 11) is 0. The normalized spacial score (nSPS) is 35.0. The van der Waals surface area contributed by atoms with Crippen LogP contribution in [-0.2, 0) is 6.42 Å². The van der Waals surface area contributed by atoms with Crippen LogP contribution in [0.2, 0.25) is 0 Å². The molecular weight excluding hydrogens is 440 g/mol. The first-order valence-corrected chi connectivity index (χ1v) is 12.0. The lowest BCUT2D eigenvalue weighted by atomic mass is 9.50. The number of hydrogen-bond acceptors (Lipinski definition) is 2. The van der Waals surface area contributed by atoms with Gasteiger partial charge in [0, 0.05) is 11.2 Å². The maximum absolute atomic E-state index is 11.3. The highest BCUT2D eigenvalue weighted by Crippen LogP contribution is 2.61. The molecule has 5 unspecified atom stereocenters. The summed E-state index contributed by atoms with van der Waals surface area (Å²) in [5.74, 6) is 0.608. The molecule has 0 saturated heterocycles. The van der Waals surface area contributed by atoms with Crippen molar-refractivity contribution in [2.45, 2.75) is 77.2 Å². The lowest BCUT2D eigenvalue weighted by molar-refractivity contribution is -0.00935. The first kappa shape index (κ1) is 21.7. The third-order valence-corrected chi connectivity index (χ3v) is 9.39. The highest BCUT2D eigenvalue weighted by atomic mass is 79.9. The number of ether oxygens (including phenoxy) is 1. The monoisotopic (exact) mass is 472 g/mol. The van der Waals surface area contributed by atoms with E-state index in [1.165, 1.54) is 24.0 Å². The van der Waals surface area contributed by atoms with Crippen LogP contribution in [0.15, 0.2) is 41.5 Å². The number of hydrogen-bond donors (Lipinski definition) is 1. The Balaban J connectivity index is 1.56. The highest BCUT2D eigenvalue weighted by molar-refractivity contribution is 9.09. The first-order chi connectivity index (χ1) is 14.1. The van der Waals surface area contributed by atoms with Crippen LogP contribution >= 0.6 is 15.9 Å². The number of benzene rings is 1. The fourth-order valence-electron chi connectivity index (χ4n) is 6.08. The quantitative estimate of drug-likeness (QED) is 0.380. The number of alkyl halides is 1. The molecule has 3 aliphatic rings. The molecular formula is C26H33BrO3. The molecule has 1 N–H and O–H groups in total. The molecule has 2 aliphatic carbocycles. The van der Waals surface area contributed by atoms with Crippen molar-refractivity contribution >= 4 is 21.9 Å². The number of allylic oxidation sites excluding steroid dienone is 3. The van der Waals surface area contributed by atoms with E-state index in [0.717, 1.165) is 37.0 Å². The van der Waals surface area contributed by atoms with Crippen molar-refractivity contribution in [3.63, 3.8) is 0 Å². The van der Waals surface area contributed by atoms with Gasteiger partial charge in [-0.3, -0.25) is 0 Å². The molecule has 0 spiro atoms. The van der Waals surface area contributed by atoms with Gasteiger partial charge in [-0.1, -0.05) is 47.5 Å². The third kappa shape index (κ3) is 3.77. The van der Waals surface area contributed by atoms with Crippen molar-refractivity contribution in [2.75, 3.05) is 0 Å². The molecule has 3 nitrogen and oxygen atoms in total. The van der Waals surface area contributed by atoms with Gasteiger partial charge in [0.25, 0.3) is 0 Å². The van der Waals surface area contributed by atoms with Gasteiger partial charge in [-0.15, -0.1) is 0 Å². The van der Waals surface area contributed by atoms with Crippen LogP contribution in [0, 0.1) is 16.7 Å². The number of carboxylic acid groups (broad SMARTS) is 1. The van der Waals surface area contributed by atoms with E-state index < -0.39 is 5.97 Å². The fourth-order valence-corrected chi connectivity index (χ4v) is 6.81. The Bertz CT molecular complexity index is 913. The number of rotatable bonds is 4. The smallest absolute Gasteiger partial charge is 0.335 e. The van der Waals surface area contributed by atoms with Crippen molar-refractivity contribution in [1.29, 1.82) is 0 Å². The lowest BCUT2D eigenvalue weighted by Crippen LogP contribution is -2.51. The Labute approximate surface area is 188 Å². The molecule has 0 bridgehead atoms. The molecule has 0 aromatic heterocycles. The first-order valence-electron chi connectivity index (χ1n) is 11.1. The molecule has 1 heterocycles. The zero-order valence-corrected chi connectivity index (χ0v) is 20.1. The van der Waals surface area contributed by atoms with Crippen LogP contribution in [0.5, 0.6) is 5.75 Å². The van der Waals surface area contributed by atoms with Crippen molar-refractivity contribution in [3.8, 4) is 5.75 Å². The Kier molecular flexibility index (Phi) is 5.67. The summed E-state index contributed by atoms with van der Waals surface area (Å²) >= 11 is 4.04. The van der Waals surface area contributed by atoms with Crippen LogP contribution in [-0.4, -0.2) is 22.0 Å². The topological polar surface area (TPSA) is 46.5 Å². The number of aromatic carboxylic acids is 1.